The number of rotatable bonds is 5. The highest BCUT2D eigenvalue weighted by atomic mass is 16.5. The zero-order chi connectivity index (χ0) is 18.4. The Bertz CT molecular complexity index is 756. The Morgan fingerprint density at radius 1 is 1.08 bits per heavy atom. The van der Waals surface area contributed by atoms with Gasteiger partial charge in [0.1, 0.15) is 5.75 Å². The van der Waals surface area contributed by atoms with Crippen molar-refractivity contribution in [1.82, 2.24) is 5.43 Å². The van der Waals surface area contributed by atoms with E-state index in [2.05, 4.69) is 43.4 Å². The summed E-state index contributed by atoms with van der Waals surface area (Å²) < 4.78 is 5.47. The van der Waals surface area contributed by atoms with Crippen LogP contribution in [0.25, 0.3) is 0 Å². The molecule has 0 fully saturated rings. The molecule has 0 radical (unpaired) electrons. The molecule has 2 aromatic rings. The number of nitrogens with zero attached hydrogens (tertiary/aromatic N) is 1. The fourth-order valence-electron chi connectivity index (χ4n) is 2.23. The van der Waals surface area contributed by atoms with Crippen molar-refractivity contribution < 1.29 is 9.53 Å². The molecule has 4 nitrogen and oxygen atoms in total. The molecule has 132 valence electrons. The van der Waals surface area contributed by atoms with Gasteiger partial charge in [-0.25, -0.2) is 5.43 Å². The van der Waals surface area contributed by atoms with Gasteiger partial charge in [0.15, 0.2) is 6.61 Å². The number of hydrazone groups is 1. The molecule has 0 saturated carbocycles. The number of carbonyl (C=O) groups is 1. The Balaban J connectivity index is 1.83. The van der Waals surface area contributed by atoms with E-state index in [-0.39, 0.29) is 17.9 Å². The molecule has 0 atom stereocenters. The normalized spacial score (nSPS) is 11.6. The SMILES string of the molecule is Cc1ccc(OCC(=O)N/N=C\c2ccc(C(C)(C)C)cc2)cc1C. The van der Waals surface area contributed by atoms with E-state index in [9.17, 15) is 4.79 Å². The largest absolute Gasteiger partial charge is 0.484 e. The third-order valence-electron chi connectivity index (χ3n) is 4.03. The molecule has 1 N–H and O–H groups in total. The van der Waals surface area contributed by atoms with Crippen molar-refractivity contribution in [3.8, 4) is 5.75 Å². The standard InChI is InChI=1S/C21H26N2O2/c1-15-6-11-19(12-16(15)2)25-14-20(24)23-22-13-17-7-9-18(10-8-17)21(3,4)5/h6-13H,14H2,1-5H3,(H,23,24)/b22-13-. The lowest BCUT2D eigenvalue weighted by Gasteiger charge is -2.18. The summed E-state index contributed by atoms with van der Waals surface area (Å²) in [7, 11) is 0. The van der Waals surface area contributed by atoms with Gasteiger partial charge in [0.2, 0.25) is 0 Å². The Morgan fingerprint density at radius 2 is 1.76 bits per heavy atom. The first kappa shape index (κ1) is 18.7. The van der Waals surface area contributed by atoms with Crippen LogP contribution in [-0.4, -0.2) is 18.7 Å². The van der Waals surface area contributed by atoms with Crippen molar-refractivity contribution in [1.29, 1.82) is 0 Å². The Morgan fingerprint density at radius 3 is 2.36 bits per heavy atom. The summed E-state index contributed by atoms with van der Waals surface area (Å²) in [5, 5.41) is 3.97. The number of aryl methyl sites for hydroxylation is 2. The van der Waals surface area contributed by atoms with Crippen molar-refractivity contribution in [2.75, 3.05) is 6.61 Å². The van der Waals surface area contributed by atoms with E-state index < -0.39 is 0 Å². The van der Waals surface area contributed by atoms with Crippen LogP contribution < -0.4 is 10.2 Å². The van der Waals surface area contributed by atoms with E-state index in [0.717, 1.165) is 11.1 Å². The van der Waals surface area contributed by atoms with Crippen molar-refractivity contribution in [2.24, 2.45) is 5.10 Å². The minimum Gasteiger partial charge on any atom is -0.484 e. The van der Waals surface area contributed by atoms with Crippen LogP contribution in [0, 0.1) is 13.8 Å². The number of ether oxygens (including phenoxy) is 1. The minimum atomic E-state index is -0.291. The predicted octanol–water partition coefficient (Wildman–Crippen LogP) is 4.13. The van der Waals surface area contributed by atoms with E-state index in [1.807, 2.05) is 44.2 Å². The summed E-state index contributed by atoms with van der Waals surface area (Å²) in [6.45, 7) is 10.5. The molecule has 0 spiro atoms. The van der Waals surface area contributed by atoms with Crippen LogP contribution in [0.5, 0.6) is 5.75 Å². The summed E-state index contributed by atoms with van der Waals surface area (Å²) in [6.07, 6.45) is 1.63. The third kappa shape index (κ3) is 5.75. The number of benzene rings is 2. The van der Waals surface area contributed by atoms with E-state index in [4.69, 9.17) is 4.74 Å². The maximum absolute atomic E-state index is 11.8. The first-order chi connectivity index (χ1) is 11.8. The molecule has 0 bridgehead atoms. The minimum absolute atomic E-state index is 0.0667. The van der Waals surface area contributed by atoms with E-state index in [1.165, 1.54) is 11.1 Å². The highest BCUT2D eigenvalue weighted by Crippen LogP contribution is 2.21. The Kier molecular flexibility index (Phi) is 5.97. The van der Waals surface area contributed by atoms with E-state index >= 15 is 0 Å². The summed E-state index contributed by atoms with van der Waals surface area (Å²) in [5.41, 5.74) is 7.12. The molecule has 25 heavy (non-hydrogen) atoms. The lowest BCUT2D eigenvalue weighted by Crippen LogP contribution is -2.24. The first-order valence-electron chi connectivity index (χ1n) is 8.38. The smallest absolute Gasteiger partial charge is 0.277 e. The van der Waals surface area contributed by atoms with Gasteiger partial charge in [-0.3, -0.25) is 4.79 Å². The maximum atomic E-state index is 11.8. The number of hydrogen-bond donors (Lipinski definition) is 1. The molecule has 0 heterocycles. The molecule has 0 saturated heterocycles. The van der Waals surface area contributed by atoms with Crippen molar-refractivity contribution in [3.05, 3.63) is 64.7 Å². The zero-order valence-electron chi connectivity index (χ0n) is 15.6. The molecule has 0 aliphatic rings. The van der Waals surface area contributed by atoms with Crippen LogP contribution >= 0.6 is 0 Å². The van der Waals surface area contributed by atoms with Crippen LogP contribution in [0.2, 0.25) is 0 Å². The summed E-state index contributed by atoms with van der Waals surface area (Å²) >= 11 is 0. The molecule has 2 rings (SSSR count). The van der Waals surface area contributed by atoms with Gasteiger partial charge >= 0.3 is 0 Å². The number of carbonyl (C=O) groups excluding carboxylic acids is 1. The highest BCUT2D eigenvalue weighted by Gasteiger charge is 2.12. The van der Waals surface area contributed by atoms with Gasteiger partial charge in [-0.1, -0.05) is 51.1 Å². The molecule has 1 amide bonds. The van der Waals surface area contributed by atoms with Crippen LogP contribution in [0.1, 0.15) is 43.0 Å². The second-order valence-electron chi connectivity index (χ2n) is 7.20. The molecule has 0 aromatic heterocycles. The van der Waals surface area contributed by atoms with Gasteiger partial charge in [0, 0.05) is 0 Å². The first-order valence-corrected chi connectivity index (χ1v) is 8.38. The summed E-state index contributed by atoms with van der Waals surface area (Å²) in [6, 6.07) is 13.9. The second-order valence-corrected chi connectivity index (χ2v) is 7.20. The predicted molar refractivity (Wildman–Crippen MR) is 102 cm³/mol. The van der Waals surface area contributed by atoms with Gasteiger partial charge in [0.05, 0.1) is 6.21 Å². The average Bonchev–Trinajstić information content (AvgIpc) is 2.55. The lowest BCUT2D eigenvalue weighted by atomic mass is 9.87. The third-order valence-corrected chi connectivity index (χ3v) is 4.03. The van der Waals surface area contributed by atoms with Crippen molar-refractivity contribution in [3.63, 3.8) is 0 Å². The molecule has 0 aliphatic carbocycles. The Labute approximate surface area is 149 Å². The molecule has 0 unspecified atom stereocenters. The Hall–Kier alpha value is -2.62. The van der Waals surface area contributed by atoms with Crippen LogP contribution in [0.15, 0.2) is 47.6 Å². The second kappa shape index (κ2) is 7.97. The summed E-state index contributed by atoms with van der Waals surface area (Å²) in [4.78, 5) is 11.8. The molecule has 2 aromatic carbocycles. The molecular formula is C21H26N2O2. The number of hydrogen-bond acceptors (Lipinski definition) is 3. The van der Waals surface area contributed by atoms with Crippen LogP contribution in [0.3, 0.4) is 0 Å². The zero-order valence-corrected chi connectivity index (χ0v) is 15.6. The molecular weight excluding hydrogens is 312 g/mol. The summed E-state index contributed by atoms with van der Waals surface area (Å²) in [5.74, 6) is 0.390. The number of nitrogens with one attached hydrogen (secondary N) is 1. The van der Waals surface area contributed by atoms with Gasteiger partial charge in [-0.2, -0.15) is 5.10 Å². The molecule has 0 aliphatic heterocycles. The van der Waals surface area contributed by atoms with Crippen LogP contribution in [-0.2, 0) is 10.2 Å². The monoisotopic (exact) mass is 338 g/mol. The van der Waals surface area contributed by atoms with Crippen molar-refractivity contribution >= 4 is 12.1 Å². The van der Waals surface area contributed by atoms with Gasteiger partial charge in [-0.05, 0) is 53.6 Å². The lowest BCUT2D eigenvalue weighted by molar-refractivity contribution is -0.123. The number of amides is 1. The maximum Gasteiger partial charge on any atom is 0.277 e. The fraction of sp³-hybridized carbons (Fsp3) is 0.333. The fourth-order valence-corrected chi connectivity index (χ4v) is 2.23. The topological polar surface area (TPSA) is 50.7 Å². The van der Waals surface area contributed by atoms with Gasteiger partial charge in [0.25, 0.3) is 5.91 Å². The quantitative estimate of drug-likeness (QED) is 0.658. The van der Waals surface area contributed by atoms with E-state index in [0.29, 0.717) is 5.75 Å². The van der Waals surface area contributed by atoms with Crippen LogP contribution in [0.4, 0.5) is 0 Å². The van der Waals surface area contributed by atoms with Crippen molar-refractivity contribution in [2.45, 2.75) is 40.0 Å². The van der Waals surface area contributed by atoms with Gasteiger partial charge < -0.3 is 4.74 Å². The molecule has 4 heteroatoms. The highest BCUT2D eigenvalue weighted by molar-refractivity contribution is 5.83. The van der Waals surface area contributed by atoms with Gasteiger partial charge in [-0.15, -0.1) is 0 Å². The average molecular weight is 338 g/mol. The van der Waals surface area contributed by atoms with E-state index in [1.54, 1.807) is 6.21 Å².